The number of nitrogens with zero attached hydrogens (tertiary/aromatic N) is 2. The predicted molar refractivity (Wildman–Crippen MR) is 191 cm³/mol. The first-order valence-corrected chi connectivity index (χ1v) is 18.4. The highest BCUT2D eigenvalue weighted by atomic mass is 32.2. The number of carbonyl (C=O) groups excluding carboxylic acids is 2. The quantitative estimate of drug-likeness (QED) is 0.152. The Morgan fingerprint density at radius 3 is 2.20 bits per heavy atom. The summed E-state index contributed by atoms with van der Waals surface area (Å²) in [6.07, 6.45) is 5.05. The number of halogens is 1. The second-order valence-corrected chi connectivity index (χ2v) is 14.2. The molecule has 0 heterocycles. The van der Waals surface area contributed by atoms with Gasteiger partial charge in [-0.2, -0.15) is 0 Å². The fraction of sp³-hybridized carbons (Fsp3) is 0.333. The first-order chi connectivity index (χ1) is 24.2. The zero-order valence-electron chi connectivity index (χ0n) is 28.5. The van der Waals surface area contributed by atoms with Gasteiger partial charge in [-0.05, 0) is 91.6 Å². The van der Waals surface area contributed by atoms with Crippen LogP contribution in [0.4, 0.5) is 10.1 Å². The number of methoxy groups -OCH3 is 1. The van der Waals surface area contributed by atoms with Crippen molar-refractivity contribution in [1.82, 2.24) is 10.2 Å². The molecule has 0 radical (unpaired) electrons. The van der Waals surface area contributed by atoms with E-state index in [9.17, 15) is 22.4 Å². The van der Waals surface area contributed by atoms with Gasteiger partial charge in [0.15, 0.2) is 0 Å². The van der Waals surface area contributed by atoms with Crippen LogP contribution in [0.5, 0.6) is 11.5 Å². The van der Waals surface area contributed by atoms with Gasteiger partial charge in [-0.15, -0.1) is 0 Å². The van der Waals surface area contributed by atoms with Crippen LogP contribution in [0.3, 0.4) is 0 Å². The van der Waals surface area contributed by atoms with Crippen LogP contribution in [-0.2, 0) is 32.6 Å². The summed E-state index contributed by atoms with van der Waals surface area (Å²) in [7, 11) is -2.81. The van der Waals surface area contributed by atoms with Gasteiger partial charge >= 0.3 is 0 Å². The van der Waals surface area contributed by atoms with E-state index >= 15 is 0 Å². The summed E-state index contributed by atoms with van der Waals surface area (Å²) < 4.78 is 54.5. The van der Waals surface area contributed by atoms with Crippen molar-refractivity contribution in [2.45, 2.75) is 69.0 Å². The molecule has 0 aromatic heterocycles. The zero-order valence-corrected chi connectivity index (χ0v) is 29.3. The van der Waals surface area contributed by atoms with Gasteiger partial charge in [0.2, 0.25) is 11.8 Å². The fourth-order valence-corrected chi connectivity index (χ4v) is 7.62. The minimum absolute atomic E-state index is 0.00593. The molecule has 4 aromatic carbocycles. The van der Waals surface area contributed by atoms with Gasteiger partial charge in [-0.3, -0.25) is 13.9 Å². The number of benzene rings is 4. The second-order valence-electron chi connectivity index (χ2n) is 12.3. The molecule has 1 aliphatic rings. The van der Waals surface area contributed by atoms with Crippen LogP contribution in [0, 0.1) is 5.82 Å². The first kappa shape index (κ1) is 36.4. The molecule has 1 atom stereocenters. The maximum atomic E-state index is 14.7. The summed E-state index contributed by atoms with van der Waals surface area (Å²) in [6, 6.07) is 26.5. The molecule has 5 rings (SSSR count). The predicted octanol–water partition coefficient (Wildman–Crippen LogP) is 6.52. The van der Waals surface area contributed by atoms with E-state index in [4.69, 9.17) is 9.47 Å². The Morgan fingerprint density at radius 1 is 0.860 bits per heavy atom. The molecule has 0 bridgehead atoms. The third kappa shape index (κ3) is 9.41. The molecule has 1 N–H and O–H groups in total. The van der Waals surface area contributed by atoms with Crippen molar-refractivity contribution in [2.75, 3.05) is 24.6 Å². The average molecular weight is 702 g/mol. The molecular weight excluding hydrogens is 658 g/mol. The first-order valence-electron chi connectivity index (χ1n) is 17.0. The number of rotatable bonds is 15. The monoisotopic (exact) mass is 701 g/mol. The molecule has 9 nitrogen and oxygen atoms in total. The fourth-order valence-electron chi connectivity index (χ4n) is 6.20. The third-order valence-electron chi connectivity index (χ3n) is 8.83. The Morgan fingerprint density at radius 2 is 1.54 bits per heavy atom. The van der Waals surface area contributed by atoms with E-state index in [1.165, 1.54) is 29.2 Å². The molecule has 1 aliphatic carbocycles. The van der Waals surface area contributed by atoms with Crippen molar-refractivity contribution in [3.63, 3.8) is 0 Å². The van der Waals surface area contributed by atoms with Crippen LogP contribution in [-0.4, -0.2) is 57.5 Å². The maximum absolute atomic E-state index is 14.7. The molecule has 1 fully saturated rings. The highest BCUT2D eigenvalue weighted by Crippen LogP contribution is 2.27. The Bertz CT molecular complexity index is 1820. The minimum Gasteiger partial charge on any atom is -0.497 e. The van der Waals surface area contributed by atoms with Crippen molar-refractivity contribution in [3.8, 4) is 11.5 Å². The van der Waals surface area contributed by atoms with Gasteiger partial charge in [0.1, 0.15) is 29.9 Å². The number of nitrogens with one attached hydrogen (secondary N) is 1. The summed E-state index contributed by atoms with van der Waals surface area (Å²) in [4.78, 5) is 30.3. The minimum atomic E-state index is -4.35. The summed E-state index contributed by atoms with van der Waals surface area (Å²) in [5, 5.41) is 3.20. The van der Waals surface area contributed by atoms with E-state index in [0.717, 1.165) is 54.1 Å². The highest BCUT2D eigenvalue weighted by Gasteiger charge is 2.35. The Balaban J connectivity index is 1.56. The van der Waals surface area contributed by atoms with Crippen LogP contribution in [0.2, 0.25) is 0 Å². The van der Waals surface area contributed by atoms with Crippen molar-refractivity contribution in [1.29, 1.82) is 0 Å². The number of amides is 2. The topological polar surface area (TPSA) is 105 Å². The second kappa shape index (κ2) is 17.2. The molecule has 2 amide bonds. The maximum Gasteiger partial charge on any atom is 0.264 e. The van der Waals surface area contributed by atoms with Crippen LogP contribution in [0.15, 0.2) is 108 Å². The summed E-state index contributed by atoms with van der Waals surface area (Å²) in [6.45, 7) is 1.59. The lowest BCUT2D eigenvalue weighted by molar-refractivity contribution is -0.140. The molecule has 0 saturated heterocycles. The Labute approximate surface area is 294 Å². The van der Waals surface area contributed by atoms with Crippen molar-refractivity contribution in [2.24, 2.45) is 0 Å². The Hall–Kier alpha value is -4.90. The molecule has 50 heavy (non-hydrogen) atoms. The Kier molecular flexibility index (Phi) is 12.5. The molecular formula is C39H44FN3O6S. The molecule has 0 aliphatic heterocycles. The molecule has 0 spiro atoms. The van der Waals surface area contributed by atoms with Gasteiger partial charge in [-0.25, -0.2) is 12.8 Å². The molecule has 264 valence electrons. The SMILES string of the molecule is CCOc1ccc(S(=O)(=O)N(CC(=O)N(Cc2cccc(OC)c2)C(Cc2ccccc2)C(=O)NC2CCCCC2)c2ccc(F)cc2)cc1. The van der Waals surface area contributed by atoms with Crippen molar-refractivity contribution in [3.05, 3.63) is 120 Å². The number of hydrogen-bond acceptors (Lipinski definition) is 6. The van der Waals surface area contributed by atoms with Crippen molar-refractivity contribution >= 4 is 27.5 Å². The van der Waals surface area contributed by atoms with E-state index in [-0.39, 0.29) is 35.5 Å². The lowest BCUT2D eigenvalue weighted by Crippen LogP contribution is -2.55. The van der Waals surface area contributed by atoms with Gasteiger partial charge in [-0.1, -0.05) is 61.7 Å². The van der Waals surface area contributed by atoms with Crippen LogP contribution >= 0.6 is 0 Å². The van der Waals surface area contributed by atoms with Gasteiger partial charge in [0.25, 0.3) is 10.0 Å². The van der Waals surface area contributed by atoms with E-state index in [1.54, 1.807) is 37.4 Å². The summed E-state index contributed by atoms with van der Waals surface area (Å²) >= 11 is 0. The van der Waals surface area contributed by atoms with Gasteiger partial charge in [0.05, 0.1) is 24.3 Å². The third-order valence-corrected chi connectivity index (χ3v) is 10.6. The number of hydrogen-bond donors (Lipinski definition) is 1. The number of anilines is 1. The standard InChI is InChI=1S/C39H44FN3O6S/c1-3-49-34-21-23-36(24-22-34)50(46,47)43(33-19-17-31(40)18-20-33)28-38(44)42(27-30-13-10-16-35(25-30)48-2)37(26-29-11-6-4-7-12-29)39(45)41-32-14-8-5-9-15-32/h4,6-7,10-13,16-25,32,37H,3,5,8-9,14-15,26-28H2,1-2H3,(H,41,45). The van der Waals surface area contributed by atoms with Crippen LogP contribution in [0.25, 0.3) is 0 Å². The van der Waals surface area contributed by atoms with Gasteiger partial charge in [0, 0.05) is 19.0 Å². The number of carbonyl (C=O) groups is 2. The zero-order chi connectivity index (χ0) is 35.5. The molecule has 1 saturated carbocycles. The van der Waals surface area contributed by atoms with E-state index < -0.39 is 34.3 Å². The smallest absolute Gasteiger partial charge is 0.264 e. The summed E-state index contributed by atoms with van der Waals surface area (Å²) in [5.74, 6) is -0.397. The van der Waals surface area contributed by atoms with E-state index in [1.807, 2.05) is 43.3 Å². The molecule has 4 aromatic rings. The summed E-state index contributed by atoms with van der Waals surface area (Å²) in [5.41, 5.74) is 1.64. The molecule has 1 unspecified atom stereocenters. The molecule has 11 heteroatoms. The lowest BCUT2D eigenvalue weighted by Gasteiger charge is -2.35. The van der Waals surface area contributed by atoms with Crippen LogP contribution < -0.4 is 19.1 Å². The largest absolute Gasteiger partial charge is 0.497 e. The van der Waals surface area contributed by atoms with E-state index in [2.05, 4.69) is 5.32 Å². The van der Waals surface area contributed by atoms with Gasteiger partial charge < -0.3 is 19.7 Å². The van der Waals surface area contributed by atoms with Crippen LogP contribution in [0.1, 0.15) is 50.2 Å². The highest BCUT2D eigenvalue weighted by molar-refractivity contribution is 7.92. The van der Waals surface area contributed by atoms with E-state index in [0.29, 0.717) is 23.7 Å². The van der Waals surface area contributed by atoms with Crippen molar-refractivity contribution < 1.29 is 31.9 Å². The number of sulfonamides is 1. The average Bonchev–Trinajstić information content (AvgIpc) is 3.13. The number of ether oxygens (including phenoxy) is 2. The lowest BCUT2D eigenvalue weighted by atomic mass is 9.94. The normalized spacial score (nSPS) is 14.0.